The second kappa shape index (κ2) is 7.11. The van der Waals surface area contributed by atoms with E-state index >= 15 is 0 Å². The molecule has 0 radical (unpaired) electrons. The fourth-order valence-corrected chi connectivity index (χ4v) is 3.57. The lowest BCUT2D eigenvalue weighted by Crippen LogP contribution is -2.30. The molecule has 1 aliphatic heterocycles. The molecule has 22 heavy (non-hydrogen) atoms. The van der Waals surface area contributed by atoms with Gasteiger partial charge in [-0.15, -0.1) is 11.8 Å². The van der Waals surface area contributed by atoms with Crippen LogP contribution in [0.2, 0.25) is 0 Å². The lowest BCUT2D eigenvalue weighted by molar-refractivity contribution is 0.253. The molecular weight excluding hydrogens is 294 g/mol. The van der Waals surface area contributed by atoms with Gasteiger partial charge in [0.05, 0.1) is 11.4 Å². The summed E-state index contributed by atoms with van der Waals surface area (Å²) in [6.45, 7) is 2.15. The van der Waals surface area contributed by atoms with Gasteiger partial charge in [0, 0.05) is 16.9 Å². The Labute approximate surface area is 135 Å². The summed E-state index contributed by atoms with van der Waals surface area (Å²) in [6.07, 6.45) is 2.16. The molecule has 0 spiro atoms. The van der Waals surface area contributed by atoms with Crippen LogP contribution < -0.4 is 5.56 Å². The number of piperidine rings is 1. The van der Waals surface area contributed by atoms with E-state index in [2.05, 4.69) is 29.1 Å². The van der Waals surface area contributed by atoms with Crippen LogP contribution in [0, 0.1) is 0 Å². The van der Waals surface area contributed by atoms with Crippen molar-refractivity contribution in [2.45, 2.75) is 29.4 Å². The monoisotopic (exact) mass is 315 g/mol. The summed E-state index contributed by atoms with van der Waals surface area (Å²) in [6, 6.07) is 11.9. The van der Waals surface area contributed by atoms with Gasteiger partial charge in [-0.25, -0.2) is 4.98 Å². The fourth-order valence-electron chi connectivity index (χ4n) is 2.78. The Morgan fingerprint density at radius 3 is 2.73 bits per heavy atom. The number of rotatable bonds is 4. The standard InChI is InChI=1S/C17H21N3OS/c1-20-9-7-13(8-10-20)15-11-17(21)19-16(18-15)12-22-14-5-3-2-4-6-14/h2-6,11,13H,7-10,12H2,1H3,(H,18,19,21). The molecule has 5 heteroatoms. The van der Waals surface area contributed by atoms with Crippen LogP contribution in [0.25, 0.3) is 0 Å². The Morgan fingerprint density at radius 2 is 2.00 bits per heavy atom. The number of hydrogen-bond donors (Lipinski definition) is 1. The molecule has 2 heterocycles. The zero-order chi connectivity index (χ0) is 15.4. The van der Waals surface area contributed by atoms with Gasteiger partial charge in [0.25, 0.3) is 5.56 Å². The van der Waals surface area contributed by atoms with Gasteiger partial charge in [-0.05, 0) is 45.1 Å². The third-order valence-corrected chi connectivity index (χ3v) is 5.09. The molecule has 1 aromatic heterocycles. The molecule has 1 aromatic carbocycles. The van der Waals surface area contributed by atoms with Gasteiger partial charge in [0.15, 0.2) is 0 Å². The maximum atomic E-state index is 11.9. The molecule has 116 valence electrons. The number of hydrogen-bond acceptors (Lipinski definition) is 4. The Balaban J connectivity index is 1.71. The predicted molar refractivity (Wildman–Crippen MR) is 90.3 cm³/mol. The van der Waals surface area contributed by atoms with Crippen LogP contribution in [-0.2, 0) is 5.75 Å². The number of aromatic amines is 1. The van der Waals surface area contributed by atoms with E-state index in [4.69, 9.17) is 4.98 Å². The average Bonchev–Trinajstić information content (AvgIpc) is 2.54. The quantitative estimate of drug-likeness (QED) is 0.882. The number of benzene rings is 1. The number of nitrogens with zero attached hydrogens (tertiary/aromatic N) is 2. The van der Waals surface area contributed by atoms with Gasteiger partial charge in [-0.1, -0.05) is 18.2 Å². The molecule has 0 bridgehead atoms. The van der Waals surface area contributed by atoms with Crippen molar-refractivity contribution >= 4 is 11.8 Å². The third-order valence-electron chi connectivity index (χ3n) is 4.07. The van der Waals surface area contributed by atoms with Crippen LogP contribution >= 0.6 is 11.8 Å². The number of likely N-dealkylation sites (tertiary alicyclic amines) is 1. The molecule has 3 rings (SSSR count). The van der Waals surface area contributed by atoms with E-state index in [0.717, 1.165) is 37.4 Å². The second-order valence-electron chi connectivity index (χ2n) is 5.80. The molecule has 0 saturated carbocycles. The highest BCUT2D eigenvalue weighted by Crippen LogP contribution is 2.26. The largest absolute Gasteiger partial charge is 0.310 e. The van der Waals surface area contributed by atoms with Gasteiger partial charge in [-0.2, -0.15) is 0 Å². The summed E-state index contributed by atoms with van der Waals surface area (Å²) in [5.41, 5.74) is 0.924. The van der Waals surface area contributed by atoms with Gasteiger partial charge >= 0.3 is 0 Å². The summed E-state index contributed by atoms with van der Waals surface area (Å²) >= 11 is 1.70. The number of thioether (sulfide) groups is 1. The minimum absolute atomic E-state index is 0.0346. The van der Waals surface area contributed by atoms with Crippen LogP contribution in [-0.4, -0.2) is 35.0 Å². The number of aromatic nitrogens is 2. The zero-order valence-corrected chi connectivity index (χ0v) is 13.6. The van der Waals surface area contributed by atoms with Gasteiger partial charge in [0.2, 0.25) is 0 Å². The van der Waals surface area contributed by atoms with E-state index in [1.54, 1.807) is 17.8 Å². The van der Waals surface area contributed by atoms with Gasteiger partial charge in [-0.3, -0.25) is 4.79 Å². The maximum absolute atomic E-state index is 11.9. The first-order valence-corrected chi connectivity index (χ1v) is 8.66. The molecule has 2 aromatic rings. The van der Waals surface area contributed by atoms with Crippen molar-refractivity contribution < 1.29 is 0 Å². The number of H-pyrrole nitrogens is 1. The second-order valence-corrected chi connectivity index (χ2v) is 6.84. The first-order chi connectivity index (χ1) is 10.7. The Kier molecular flexibility index (Phi) is 4.95. The van der Waals surface area contributed by atoms with E-state index in [-0.39, 0.29) is 5.56 Å². The molecule has 1 N–H and O–H groups in total. The van der Waals surface area contributed by atoms with E-state index in [1.807, 2.05) is 18.2 Å². The molecule has 0 unspecified atom stereocenters. The Bertz CT molecular complexity index is 663. The first-order valence-electron chi connectivity index (χ1n) is 7.67. The lowest BCUT2D eigenvalue weighted by Gasteiger charge is -2.28. The van der Waals surface area contributed by atoms with Crippen molar-refractivity contribution in [3.8, 4) is 0 Å². The molecule has 0 amide bonds. The normalized spacial score (nSPS) is 16.8. The van der Waals surface area contributed by atoms with Crippen LogP contribution in [0.4, 0.5) is 0 Å². The van der Waals surface area contributed by atoms with Crippen LogP contribution in [0.5, 0.6) is 0 Å². The first kappa shape index (κ1) is 15.3. The summed E-state index contributed by atoms with van der Waals surface area (Å²) in [7, 11) is 2.14. The van der Waals surface area contributed by atoms with Crippen LogP contribution in [0.15, 0.2) is 46.1 Å². The molecule has 0 atom stereocenters. The zero-order valence-electron chi connectivity index (χ0n) is 12.8. The molecule has 0 aliphatic carbocycles. The predicted octanol–water partition coefficient (Wildman–Crippen LogP) is 2.87. The van der Waals surface area contributed by atoms with E-state index < -0.39 is 0 Å². The van der Waals surface area contributed by atoms with E-state index in [9.17, 15) is 4.79 Å². The summed E-state index contributed by atoms with van der Waals surface area (Å²) in [5.74, 6) is 1.88. The summed E-state index contributed by atoms with van der Waals surface area (Å²) in [5, 5.41) is 0. The van der Waals surface area contributed by atoms with E-state index in [0.29, 0.717) is 11.7 Å². The van der Waals surface area contributed by atoms with Crippen molar-refractivity contribution in [3.63, 3.8) is 0 Å². The molecule has 4 nitrogen and oxygen atoms in total. The van der Waals surface area contributed by atoms with Crippen molar-refractivity contribution in [3.05, 3.63) is 58.3 Å². The third kappa shape index (κ3) is 3.99. The van der Waals surface area contributed by atoms with Crippen molar-refractivity contribution in [2.75, 3.05) is 20.1 Å². The molecule has 1 fully saturated rings. The Hall–Kier alpha value is -1.59. The van der Waals surface area contributed by atoms with E-state index in [1.165, 1.54) is 4.90 Å². The lowest BCUT2D eigenvalue weighted by atomic mass is 9.93. The van der Waals surface area contributed by atoms with Crippen LogP contribution in [0.3, 0.4) is 0 Å². The molecular formula is C17H21N3OS. The highest BCUT2D eigenvalue weighted by Gasteiger charge is 2.20. The minimum atomic E-state index is -0.0346. The van der Waals surface area contributed by atoms with Crippen molar-refractivity contribution in [2.24, 2.45) is 0 Å². The van der Waals surface area contributed by atoms with Gasteiger partial charge < -0.3 is 9.88 Å². The fraction of sp³-hybridized carbons (Fsp3) is 0.412. The maximum Gasteiger partial charge on any atom is 0.251 e. The number of nitrogens with one attached hydrogen (secondary N) is 1. The Morgan fingerprint density at radius 1 is 1.27 bits per heavy atom. The van der Waals surface area contributed by atoms with Gasteiger partial charge in [0.1, 0.15) is 5.82 Å². The summed E-state index contributed by atoms with van der Waals surface area (Å²) < 4.78 is 0. The molecule has 1 aliphatic rings. The van der Waals surface area contributed by atoms with Crippen LogP contribution in [0.1, 0.15) is 30.3 Å². The highest BCUT2D eigenvalue weighted by molar-refractivity contribution is 7.98. The SMILES string of the molecule is CN1CCC(c2cc(=O)[nH]c(CSc3ccccc3)n2)CC1. The molecule has 1 saturated heterocycles. The van der Waals surface area contributed by atoms with Crippen molar-refractivity contribution in [1.82, 2.24) is 14.9 Å². The average molecular weight is 315 g/mol. The van der Waals surface area contributed by atoms with Crippen molar-refractivity contribution in [1.29, 1.82) is 0 Å². The summed E-state index contributed by atoms with van der Waals surface area (Å²) in [4.78, 5) is 23.0. The smallest absolute Gasteiger partial charge is 0.251 e. The highest BCUT2D eigenvalue weighted by atomic mass is 32.2. The minimum Gasteiger partial charge on any atom is -0.310 e. The topological polar surface area (TPSA) is 49.0 Å².